The van der Waals surface area contributed by atoms with E-state index in [1.54, 1.807) is 0 Å². The summed E-state index contributed by atoms with van der Waals surface area (Å²) in [6, 6.07) is 22.9. The van der Waals surface area contributed by atoms with Crippen molar-refractivity contribution in [3.8, 4) is 28.2 Å². The van der Waals surface area contributed by atoms with Crippen LogP contribution in [0.4, 0.5) is 0 Å². The van der Waals surface area contributed by atoms with E-state index in [0.717, 1.165) is 65.7 Å². The average Bonchev–Trinajstić information content (AvgIpc) is 3.61. The minimum absolute atomic E-state index is 0.0306. The summed E-state index contributed by atoms with van der Waals surface area (Å²) in [5.41, 5.74) is 8.75. The Bertz CT molecular complexity index is 1610. The largest absolute Gasteiger partial charge is 0.333 e. The number of para-hydroxylation sites is 1. The summed E-state index contributed by atoms with van der Waals surface area (Å²) in [4.78, 5) is 14.1. The second-order valence-corrected chi connectivity index (χ2v) is 10.7. The van der Waals surface area contributed by atoms with Crippen molar-refractivity contribution in [3.63, 3.8) is 0 Å². The molecule has 0 unspecified atom stereocenters. The van der Waals surface area contributed by atoms with Gasteiger partial charge in [-0.25, -0.2) is 4.79 Å². The summed E-state index contributed by atoms with van der Waals surface area (Å²) in [6.07, 6.45) is 7.08. The van der Waals surface area contributed by atoms with Crippen molar-refractivity contribution >= 4 is 0 Å². The van der Waals surface area contributed by atoms with Crippen LogP contribution in [0.5, 0.6) is 0 Å². The first-order chi connectivity index (χ1) is 19.5. The number of tetrazole rings is 1. The number of unbranched alkanes of at least 4 members (excludes halogenated alkanes) is 1. The maximum Gasteiger partial charge on any atom is 0.333 e. The highest BCUT2D eigenvalue weighted by molar-refractivity contribution is 5.80. The van der Waals surface area contributed by atoms with E-state index < -0.39 is 0 Å². The molecule has 40 heavy (non-hydrogen) atoms. The smallest absolute Gasteiger partial charge is 0.292 e. The van der Waals surface area contributed by atoms with E-state index in [0.29, 0.717) is 18.3 Å². The van der Waals surface area contributed by atoms with Gasteiger partial charge in [-0.15, -0.1) is 10.2 Å². The highest BCUT2D eigenvalue weighted by Crippen LogP contribution is 2.30. The molecule has 0 fully saturated rings. The molecular formula is C33H38N6O. The summed E-state index contributed by atoms with van der Waals surface area (Å²) in [5.74, 6) is 0.890. The van der Waals surface area contributed by atoms with Crippen LogP contribution in [0.25, 0.3) is 28.2 Å². The van der Waals surface area contributed by atoms with Crippen LogP contribution >= 0.6 is 0 Å². The van der Waals surface area contributed by atoms with Gasteiger partial charge >= 0.3 is 5.69 Å². The van der Waals surface area contributed by atoms with Crippen LogP contribution in [0.3, 0.4) is 0 Å². The first-order valence-electron chi connectivity index (χ1n) is 14.4. The Balaban J connectivity index is 1.52. The average molecular weight is 535 g/mol. The number of aryl methyl sites for hydroxylation is 2. The van der Waals surface area contributed by atoms with Crippen molar-refractivity contribution in [2.75, 3.05) is 0 Å². The Morgan fingerprint density at radius 3 is 2.33 bits per heavy atom. The summed E-state index contributed by atoms with van der Waals surface area (Å²) in [6.45, 7) is 9.32. The molecule has 0 aliphatic heterocycles. The van der Waals surface area contributed by atoms with Gasteiger partial charge in [0.2, 0.25) is 5.82 Å². The van der Waals surface area contributed by atoms with E-state index in [4.69, 9.17) is 0 Å². The second-order valence-electron chi connectivity index (χ2n) is 10.7. The van der Waals surface area contributed by atoms with Crippen molar-refractivity contribution in [2.24, 2.45) is 0 Å². The summed E-state index contributed by atoms with van der Waals surface area (Å²) in [5, 5.41) is 14.6. The standard InChI is InChI=1S/C33H38N6O/c1-5-7-13-27-22-39(31-26(11-6-2)12-10-16-28(31)23(3)4)33(40)38(27)21-24-17-19-25(20-18-24)29-14-8-9-15-30(29)32-34-36-37-35-32/h8-10,12,14-20,22-23H,5-7,11,13,21H2,1-4H3,(H,34,35,36,37). The maximum atomic E-state index is 14.1. The molecule has 0 saturated heterocycles. The van der Waals surface area contributed by atoms with Gasteiger partial charge in [0.05, 0.1) is 12.2 Å². The number of nitrogens with zero attached hydrogens (tertiary/aromatic N) is 5. The molecule has 0 atom stereocenters. The lowest BCUT2D eigenvalue weighted by Gasteiger charge is -2.17. The van der Waals surface area contributed by atoms with Crippen molar-refractivity contribution < 1.29 is 0 Å². The molecule has 0 saturated carbocycles. The van der Waals surface area contributed by atoms with Crippen molar-refractivity contribution in [1.29, 1.82) is 0 Å². The van der Waals surface area contributed by atoms with Crippen LogP contribution in [0.1, 0.15) is 75.3 Å². The first kappa shape index (κ1) is 27.3. The van der Waals surface area contributed by atoms with Crippen molar-refractivity contribution in [1.82, 2.24) is 29.8 Å². The monoisotopic (exact) mass is 534 g/mol. The topological polar surface area (TPSA) is 81.4 Å². The molecule has 0 bridgehead atoms. The molecule has 0 spiro atoms. The van der Waals surface area contributed by atoms with Gasteiger partial charge < -0.3 is 0 Å². The third-order valence-corrected chi connectivity index (χ3v) is 7.50. The normalized spacial score (nSPS) is 11.4. The number of nitrogens with one attached hydrogen (secondary N) is 1. The van der Waals surface area contributed by atoms with Crippen LogP contribution in [0, 0.1) is 0 Å². The molecule has 2 heterocycles. The number of imidazole rings is 1. The minimum Gasteiger partial charge on any atom is -0.292 e. The molecule has 0 amide bonds. The number of hydrogen-bond donors (Lipinski definition) is 1. The zero-order chi connectivity index (χ0) is 28.1. The minimum atomic E-state index is 0.0306. The molecule has 206 valence electrons. The Kier molecular flexibility index (Phi) is 8.39. The molecule has 0 aliphatic rings. The molecule has 3 aromatic carbocycles. The highest BCUT2D eigenvalue weighted by Gasteiger charge is 2.19. The Hall–Kier alpha value is -4.26. The van der Waals surface area contributed by atoms with E-state index in [-0.39, 0.29) is 5.69 Å². The second kappa shape index (κ2) is 12.3. The molecule has 7 heteroatoms. The van der Waals surface area contributed by atoms with Crippen LogP contribution in [0.15, 0.2) is 77.7 Å². The molecule has 2 aromatic heterocycles. The lowest BCUT2D eigenvalue weighted by molar-refractivity contribution is 0.672. The predicted molar refractivity (Wildman–Crippen MR) is 161 cm³/mol. The van der Waals surface area contributed by atoms with E-state index in [1.807, 2.05) is 27.3 Å². The third kappa shape index (κ3) is 5.55. The van der Waals surface area contributed by atoms with Gasteiger partial charge in [0.1, 0.15) is 0 Å². The SMILES string of the molecule is CCCCc1cn(-c2c(CCC)cccc2C(C)C)c(=O)n1Cc1ccc(-c2ccccc2-c2nn[nH]n2)cc1. The van der Waals surface area contributed by atoms with E-state index in [2.05, 4.69) is 103 Å². The Morgan fingerprint density at radius 1 is 0.875 bits per heavy atom. The zero-order valence-corrected chi connectivity index (χ0v) is 23.9. The lowest BCUT2D eigenvalue weighted by Crippen LogP contribution is -2.26. The van der Waals surface area contributed by atoms with Gasteiger partial charge in [0, 0.05) is 17.5 Å². The zero-order valence-electron chi connectivity index (χ0n) is 23.9. The maximum absolute atomic E-state index is 14.1. The first-order valence-corrected chi connectivity index (χ1v) is 14.4. The van der Waals surface area contributed by atoms with Crippen molar-refractivity contribution in [2.45, 2.75) is 72.3 Å². The third-order valence-electron chi connectivity index (χ3n) is 7.50. The highest BCUT2D eigenvalue weighted by atomic mass is 16.1. The van der Waals surface area contributed by atoms with E-state index in [1.165, 1.54) is 11.1 Å². The van der Waals surface area contributed by atoms with Crippen LogP contribution in [0.2, 0.25) is 0 Å². The van der Waals surface area contributed by atoms with Crippen LogP contribution in [-0.4, -0.2) is 29.8 Å². The summed E-state index contributed by atoms with van der Waals surface area (Å²) in [7, 11) is 0. The molecule has 0 radical (unpaired) electrons. The van der Waals surface area contributed by atoms with Crippen LogP contribution in [-0.2, 0) is 19.4 Å². The van der Waals surface area contributed by atoms with E-state index >= 15 is 0 Å². The molecule has 0 aliphatic carbocycles. The number of aromatic nitrogens is 6. The molecular weight excluding hydrogens is 496 g/mol. The fourth-order valence-electron chi connectivity index (χ4n) is 5.43. The molecule has 5 rings (SSSR count). The number of aromatic amines is 1. The van der Waals surface area contributed by atoms with E-state index in [9.17, 15) is 4.79 Å². The molecule has 5 aromatic rings. The van der Waals surface area contributed by atoms with Gasteiger partial charge in [-0.2, -0.15) is 5.21 Å². The number of rotatable bonds is 11. The summed E-state index contributed by atoms with van der Waals surface area (Å²) < 4.78 is 3.88. The molecule has 7 nitrogen and oxygen atoms in total. The summed E-state index contributed by atoms with van der Waals surface area (Å²) >= 11 is 0. The lowest BCUT2D eigenvalue weighted by atomic mass is 9.95. The quantitative estimate of drug-likeness (QED) is 0.199. The fraction of sp³-hybridized carbons (Fsp3) is 0.333. The predicted octanol–water partition coefficient (Wildman–Crippen LogP) is 6.95. The van der Waals surface area contributed by atoms with Crippen LogP contribution < -0.4 is 5.69 Å². The van der Waals surface area contributed by atoms with Gasteiger partial charge in [0.15, 0.2) is 0 Å². The fourth-order valence-corrected chi connectivity index (χ4v) is 5.43. The Morgan fingerprint density at radius 2 is 1.65 bits per heavy atom. The van der Waals surface area contributed by atoms with Gasteiger partial charge in [-0.3, -0.25) is 9.13 Å². The number of hydrogen-bond acceptors (Lipinski definition) is 4. The van der Waals surface area contributed by atoms with Crippen molar-refractivity contribution in [3.05, 3.63) is 106 Å². The van der Waals surface area contributed by atoms with Gasteiger partial charge in [-0.05, 0) is 58.2 Å². The van der Waals surface area contributed by atoms with Gasteiger partial charge in [-0.1, -0.05) is 107 Å². The Labute approximate surface area is 235 Å². The molecule has 1 N–H and O–H groups in total. The van der Waals surface area contributed by atoms with Gasteiger partial charge in [0.25, 0.3) is 0 Å². The number of benzene rings is 3. The number of H-pyrrole nitrogens is 1.